The van der Waals surface area contributed by atoms with Crippen LogP contribution in [0.3, 0.4) is 0 Å². The molecule has 0 spiro atoms. The number of carbonyl (C=O) groups is 2. The van der Waals surface area contributed by atoms with Gasteiger partial charge in [-0.05, 0) is 36.8 Å². The highest BCUT2D eigenvalue weighted by atomic mass is 35.5. The minimum Gasteiger partial charge on any atom is -0.452 e. The summed E-state index contributed by atoms with van der Waals surface area (Å²) in [5, 5.41) is 8.52. The Bertz CT molecular complexity index is 1580. The lowest BCUT2D eigenvalue weighted by atomic mass is 10.1. The monoisotopic (exact) mass is 510 g/mol. The molecule has 8 heteroatoms. The summed E-state index contributed by atoms with van der Waals surface area (Å²) in [5.41, 5.74) is 4.48. The summed E-state index contributed by atoms with van der Waals surface area (Å²) in [6.07, 6.45) is 0. The lowest BCUT2D eigenvalue weighted by Crippen LogP contribution is -2.28. The fourth-order valence-electron chi connectivity index (χ4n) is 4.05. The highest BCUT2D eigenvalue weighted by Gasteiger charge is 2.22. The van der Waals surface area contributed by atoms with Crippen molar-refractivity contribution in [3.63, 3.8) is 0 Å². The summed E-state index contributed by atoms with van der Waals surface area (Å²) >= 11 is 6.15. The van der Waals surface area contributed by atoms with Crippen molar-refractivity contribution >= 4 is 34.5 Å². The number of nitrogens with one attached hydrogen (secondary N) is 1. The first-order valence-electron chi connectivity index (χ1n) is 11.7. The number of benzene rings is 3. The average Bonchev–Trinajstić information content (AvgIpc) is 3.28. The van der Waals surface area contributed by atoms with Crippen molar-refractivity contribution in [2.45, 2.75) is 13.5 Å². The van der Waals surface area contributed by atoms with E-state index in [1.54, 1.807) is 16.8 Å². The Balaban J connectivity index is 1.45. The number of esters is 1. The van der Waals surface area contributed by atoms with Crippen LogP contribution in [0.2, 0.25) is 5.02 Å². The van der Waals surface area contributed by atoms with Crippen molar-refractivity contribution in [3.05, 3.63) is 113 Å². The topological polar surface area (TPSA) is 86.1 Å². The minimum absolute atomic E-state index is 0.233. The molecular formula is C29H23ClN4O3. The zero-order valence-electron chi connectivity index (χ0n) is 20.0. The first-order valence-corrected chi connectivity index (χ1v) is 12.1. The highest BCUT2D eigenvalue weighted by Crippen LogP contribution is 2.29. The number of rotatable bonds is 7. The Hall–Kier alpha value is -4.49. The Labute approximate surface area is 218 Å². The number of amides is 1. The molecule has 0 fully saturated rings. The molecule has 1 N–H and O–H groups in total. The lowest BCUT2D eigenvalue weighted by Gasteiger charge is -2.10. The van der Waals surface area contributed by atoms with Gasteiger partial charge in [0.05, 0.1) is 28.0 Å². The molecule has 2 heterocycles. The van der Waals surface area contributed by atoms with Gasteiger partial charge in [0, 0.05) is 17.1 Å². The molecule has 184 valence electrons. The van der Waals surface area contributed by atoms with E-state index in [1.807, 2.05) is 85.8 Å². The number of aromatic nitrogens is 3. The molecule has 37 heavy (non-hydrogen) atoms. The molecule has 0 saturated carbocycles. The van der Waals surface area contributed by atoms with Gasteiger partial charge in [-0.15, -0.1) is 0 Å². The molecule has 5 rings (SSSR count). The molecule has 2 aromatic heterocycles. The van der Waals surface area contributed by atoms with Crippen molar-refractivity contribution in [1.29, 1.82) is 0 Å². The largest absolute Gasteiger partial charge is 0.452 e. The predicted molar refractivity (Wildman–Crippen MR) is 143 cm³/mol. The first kappa shape index (κ1) is 24.2. The van der Waals surface area contributed by atoms with Gasteiger partial charge in [0.25, 0.3) is 5.91 Å². The van der Waals surface area contributed by atoms with E-state index in [9.17, 15) is 9.59 Å². The van der Waals surface area contributed by atoms with E-state index in [0.717, 1.165) is 16.8 Å². The summed E-state index contributed by atoms with van der Waals surface area (Å²) in [6, 6.07) is 28.1. The second-order valence-corrected chi connectivity index (χ2v) is 8.80. The van der Waals surface area contributed by atoms with E-state index in [2.05, 4.69) is 10.4 Å². The number of hydrogen-bond donors (Lipinski definition) is 1. The van der Waals surface area contributed by atoms with E-state index in [4.69, 9.17) is 21.3 Å². The predicted octanol–water partition coefficient (Wildman–Crippen LogP) is 5.52. The fraction of sp³-hybridized carbons (Fsp3) is 0.103. The summed E-state index contributed by atoms with van der Waals surface area (Å²) in [7, 11) is 0. The van der Waals surface area contributed by atoms with Crippen LogP contribution >= 0.6 is 11.6 Å². The Morgan fingerprint density at radius 2 is 1.62 bits per heavy atom. The van der Waals surface area contributed by atoms with Gasteiger partial charge in [0.2, 0.25) is 0 Å². The number of carbonyl (C=O) groups excluding carboxylic acids is 2. The van der Waals surface area contributed by atoms with E-state index in [0.29, 0.717) is 33.0 Å². The van der Waals surface area contributed by atoms with Crippen LogP contribution in [0.5, 0.6) is 0 Å². The van der Waals surface area contributed by atoms with Crippen molar-refractivity contribution in [2.75, 3.05) is 6.61 Å². The number of fused-ring (bicyclic) bond motifs is 1. The lowest BCUT2D eigenvalue weighted by molar-refractivity contribution is -0.124. The van der Waals surface area contributed by atoms with Gasteiger partial charge < -0.3 is 10.1 Å². The highest BCUT2D eigenvalue weighted by molar-refractivity contribution is 6.31. The van der Waals surface area contributed by atoms with Gasteiger partial charge in [0.15, 0.2) is 12.3 Å². The third-order valence-electron chi connectivity index (χ3n) is 5.87. The Morgan fingerprint density at radius 1 is 0.946 bits per heavy atom. The van der Waals surface area contributed by atoms with Gasteiger partial charge in [0.1, 0.15) is 0 Å². The molecule has 5 aromatic rings. The SMILES string of the molecule is Cc1nn(-c2ccccc2)c2nc(-c3ccccc3)cc(C(=O)OCC(=O)NCc3ccccc3Cl)c12. The fourth-order valence-corrected chi connectivity index (χ4v) is 4.25. The van der Waals surface area contributed by atoms with Crippen LogP contribution in [0, 0.1) is 6.92 Å². The van der Waals surface area contributed by atoms with Gasteiger partial charge in [-0.2, -0.15) is 5.10 Å². The molecule has 0 unspecified atom stereocenters. The van der Waals surface area contributed by atoms with Crippen LogP contribution in [0.15, 0.2) is 91.0 Å². The molecule has 0 radical (unpaired) electrons. The number of para-hydroxylation sites is 1. The second-order valence-electron chi connectivity index (χ2n) is 8.40. The number of pyridine rings is 1. The van der Waals surface area contributed by atoms with Crippen molar-refractivity contribution in [3.8, 4) is 16.9 Å². The standard InChI is InChI=1S/C29H23ClN4O3/c1-19-27-23(29(36)37-18-26(35)31-17-21-12-8-9-15-24(21)30)16-25(20-10-4-2-5-11-20)32-28(27)34(33-19)22-13-6-3-7-14-22/h2-16H,17-18H2,1H3,(H,31,35). The van der Waals surface area contributed by atoms with Gasteiger partial charge in [-0.25, -0.2) is 14.5 Å². The van der Waals surface area contributed by atoms with Gasteiger partial charge in [-0.3, -0.25) is 4.79 Å². The molecule has 0 aliphatic carbocycles. The zero-order chi connectivity index (χ0) is 25.8. The number of halogens is 1. The Kier molecular flexibility index (Phi) is 6.96. The van der Waals surface area contributed by atoms with Crippen LogP contribution in [-0.4, -0.2) is 33.2 Å². The van der Waals surface area contributed by atoms with E-state index in [1.165, 1.54) is 0 Å². The molecule has 7 nitrogen and oxygen atoms in total. The molecule has 0 atom stereocenters. The van der Waals surface area contributed by atoms with Crippen LogP contribution in [0.1, 0.15) is 21.6 Å². The van der Waals surface area contributed by atoms with Crippen molar-refractivity contribution < 1.29 is 14.3 Å². The molecule has 0 bridgehead atoms. The summed E-state index contributed by atoms with van der Waals surface area (Å²) in [5.74, 6) is -1.06. The van der Waals surface area contributed by atoms with Crippen LogP contribution < -0.4 is 5.32 Å². The minimum atomic E-state index is -0.631. The number of ether oxygens (including phenoxy) is 1. The maximum absolute atomic E-state index is 13.3. The quantitative estimate of drug-likeness (QED) is 0.291. The van der Waals surface area contributed by atoms with Crippen LogP contribution in [-0.2, 0) is 16.1 Å². The average molecular weight is 511 g/mol. The third kappa shape index (κ3) is 5.22. The second kappa shape index (κ2) is 10.6. The third-order valence-corrected chi connectivity index (χ3v) is 6.24. The summed E-state index contributed by atoms with van der Waals surface area (Å²) < 4.78 is 7.14. The molecule has 1 amide bonds. The molecular weight excluding hydrogens is 488 g/mol. The maximum atomic E-state index is 13.3. The van der Waals surface area contributed by atoms with Crippen LogP contribution in [0.4, 0.5) is 0 Å². The van der Waals surface area contributed by atoms with Gasteiger partial charge >= 0.3 is 5.97 Å². The van der Waals surface area contributed by atoms with E-state index >= 15 is 0 Å². The van der Waals surface area contributed by atoms with E-state index < -0.39 is 18.5 Å². The van der Waals surface area contributed by atoms with Gasteiger partial charge in [-0.1, -0.05) is 78.3 Å². The number of aryl methyl sites for hydroxylation is 1. The molecule has 0 saturated heterocycles. The number of nitrogens with zero attached hydrogens (tertiary/aromatic N) is 3. The normalized spacial score (nSPS) is 10.9. The van der Waals surface area contributed by atoms with Crippen LogP contribution in [0.25, 0.3) is 28.0 Å². The molecule has 0 aliphatic rings. The zero-order valence-corrected chi connectivity index (χ0v) is 20.8. The summed E-state index contributed by atoms with van der Waals surface area (Å²) in [6.45, 7) is 1.62. The molecule has 3 aromatic carbocycles. The van der Waals surface area contributed by atoms with Crippen molar-refractivity contribution in [1.82, 2.24) is 20.1 Å². The first-order chi connectivity index (χ1) is 18.0. The van der Waals surface area contributed by atoms with E-state index in [-0.39, 0.29) is 6.54 Å². The Morgan fingerprint density at radius 3 is 2.35 bits per heavy atom. The van der Waals surface area contributed by atoms with Crippen molar-refractivity contribution in [2.24, 2.45) is 0 Å². The number of hydrogen-bond acceptors (Lipinski definition) is 5. The molecule has 0 aliphatic heterocycles. The maximum Gasteiger partial charge on any atom is 0.339 e. The smallest absolute Gasteiger partial charge is 0.339 e. The summed E-state index contributed by atoms with van der Waals surface area (Å²) in [4.78, 5) is 30.5.